The molecule has 1 heterocycles. The van der Waals surface area contributed by atoms with Crippen LogP contribution in [0.15, 0.2) is 48.5 Å². The van der Waals surface area contributed by atoms with Crippen LogP contribution >= 0.6 is 0 Å². The molecule has 0 saturated carbocycles. The average molecular weight is 240 g/mol. The van der Waals surface area contributed by atoms with Crippen molar-refractivity contribution in [1.82, 2.24) is 10.3 Å². The molecule has 0 aliphatic rings. The van der Waals surface area contributed by atoms with Gasteiger partial charge in [0.1, 0.15) is 0 Å². The molecule has 1 unspecified atom stereocenters. The predicted octanol–water partition coefficient (Wildman–Crippen LogP) is 3.28. The molecular weight excluding hydrogens is 220 g/mol. The van der Waals surface area contributed by atoms with E-state index in [1.807, 2.05) is 13.0 Å². The minimum atomic E-state index is 0.289. The van der Waals surface area contributed by atoms with E-state index in [4.69, 9.17) is 0 Å². The van der Waals surface area contributed by atoms with Crippen molar-refractivity contribution < 1.29 is 0 Å². The van der Waals surface area contributed by atoms with Gasteiger partial charge in [0.2, 0.25) is 0 Å². The van der Waals surface area contributed by atoms with Crippen molar-refractivity contribution in [3.63, 3.8) is 0 Å². The first-order chi connectivity index (χ1) is 8.79. The topological polar surface area (TPSA) is 24.9 Å². The Morgan fingerprint density at radius 2 is 1.83 bits per heavy atom. The van der Waals surface area contributed by atoms with Gasteiger partial charge < -0.3 is 5.32 Å². The van der Waals surface area contributed by atoms with Crippen LogP contribution in [-0.2, 0) is 6.42 Å². The van der Waals surface area contributed by atoms with Crippen LogP contribution < -0.4 is 5.32 Å². The minimum Gasteiger partial charge on any atom is -0.309 e. The molecule has 2 nitrogen and oxygen atoms in total. The van der Waals surface area contributed by atoms with Crippen molar-refractivity contribution in [3.8, 4) is 0 Å². The van der Waals surface area contributed by atoms with Gasteiger partial charge in [-0.05, 0) is 37.6 Å². The molecule has 2 heteroatoms. The molecule has 0 fully saturated rings. The molecule has 1 N–H and O–H groups in total. The van der Waals surface area contributed by atoms with E-state index in [1.54, 1.807) is 0 Å². The van der Waals surface area contributed by atoms with Gasteiger partial charge in [-0.3, -0.25) is 4.98 Å². The van der Waals surface area contributed by atoms with E-state index < -0.39 is 0 Å². The van der Waals surface area contributed by atoms with Gasteiger partial charge in [-0.25, -0.2) is 0 Å². The van der Waals surface area contributed by atoms with Gasteiger partial charge in [-0.1, -0.05) is 43.3 Å². The number of pyridine rings is 1. The van der Waals surface area contributed by atoms with Gasteiger partial charge in [-0.15, -0.1) is 0 Å². The molecule has 1 aromatic heterocycles. The van der Waals surface area contributed by atoms with E-state index in [0.717, 1.165) is 24.4 Å². The third-order valence-electron chi connectivity index (χ3n) is 3.00. The lowest BCUT2D eigenvalue weighted by Gasteiger charge is -2.18. The zero-order valence-electron chi connectivity index (χ0n) is 11.1. The van der Waals surface area contributed by atoms with E-state index in [1.165, 1.54) is 5.56 Å². The molecule has 0 spiro atoms. The van der Waals surface area contributed by atoms with Crippen molar-refractivity contribution in [1.29, 1.82) is 0 Å². The predicted molar refractivity (Wildman–Crippen MR) is 75.5 cm³/mol. The highest BCUT2D eigenvalue weighted by Gasteiger charge is 2.12. The lowest BCUT2D eigenvalue weighted by molar-refractivity contribution is 0.535. The number of likely N-dealkylation sites (N-methyl/N-ethyl adjacent to an activating group) is 1. The lowest BCUT2D eigenvalue weighted by Crippen LogP contribution is -2.24. The highest BCUT2D eigenvalue weighted by atomic mass is 14.9. The Bertz CT molecular complexity index is 479. The Balaban J connectivity index is 2.18. The summed E-state index contributed by atoms with van der Waals surface area (Å²) in [5.74, 6) is 0. The van der Waals surface area contributed by atoms with Gasteiger partial charge in [0.25, 0.3) is 0 Å². The number of hydrogen-bond donors (Lipinski definition) is 1. The van der Waals surface area contributed by atoms with Crippen LogP contribution in [0, 0.1) is 6.92 Å². The second-order valence-corrected chi connectivity index (χ2v) is 4.50. The van der Waals surface area contributed by atoms with Crippen LogP contribution in [0.5, 0.6) is 0 Å². The zero-order valence-corrected chi connectivity index (χ0v) is 11.1. The van der Waals surface area contributed by atoms with Crippen LogP contribution in [-0.4, -0.2) is 11.5 Å². The molecule has 0 aliphatic heterocycles. The second kappa shape index (κ2) is 6.31. The van der Waals surface area contributed by atoms with Gasteiger partial charge in [-0.2, -0.15) is 0 Å². The van der Waals surface area contributed by atoms with Gasteiger partial charge in [0, 0.05) is 5.69 Å². The fourth-order valence-electron chi connectivity index (χ4n) is 2.14. The third-order valence-corrected chi connectivity index (χ3v) is 3.00. The summed E-state index contributed by atoms with van der Waals surface area (Å²) in [5, 5.41) is 3.51. The van der Waals surface area contributed by atoms with Gasteiger partial charge in [0.05, 0.1) is 11.7 Å². The number of nitrogens with one attached hydrogen (secondary N) is 1. The van der Waals surface area contributed by atoms with Crippen molar-refractivity contribution in [2.24, 2.45) is 0 Å². The molecule has 2 aromatic rings. The molecule has 94 valence electrons. The largest absolute Gasteiger partial charge is 0.309 e. The Hall–Kier alpha value is -1.67. The first kappa shape index (κ1) is 12.8. The van der Waals surface area contributed by atoms with Crippen LogP contribution in [0.1, 0.15) is 29.9 Å². The molecule has 0 saturated heterocycles. The summed E-state index contributed by atoms with van der Waals surface area (Å²) in [4.78, 5) is 4.63. The van der Waals surface area contributed by atoms with Gasteiger partial charge >= 0.3 is 0 Å². The lowest BCUT2D eigenvalue weighted by atomic mass is 10.0. The fourth-order valence-corrected chi connectivity index (χ4v) is 2.14. The highest BCUT2D eigenvalue weighted by molar-refractivity contribution is 5.20. The molecule has 0 amide bonds. The van der Waals surface area contributed by atoms with Crippen molar-refractivity contribution in [2.45, 2.75) is 26.3 Å². The molecule has 2 rings (SSSR count). The standard InChI is InChI=1S/C16H20N2/c1-3-17-16(12-14-9-5-4-6-10-14)15-11-7-8-13(2)18-15/h4-11,16-17H,3,12H2,1-2H3. The molecule has 1 aromatic carbocycles. The first-order valence-electron chi connectivity index (χ1n) is 6.50. The van der Waals surface area contributed by atoms with E-state index in [0.29, 0.717) is 0 Å². The number of nitrogens with zero attached hydrogens (tertiary/aromatic N) is 1. The fraction of sp³-hybridized carbons (Fsp3) is 0.312. The quantitative estimate of drug-likeness (QED) is 0.867. The van der Waals surface area contributed by atoms with E-state index in [2.05, 4.69) is 59.7 Å². The summed E-state index contributed by atoms with van der Waals surface area (Å²) in [6, 6.07) is 17.1. The molecule has 18 heavy (non-hydrogen) atoms. The Morgan fingerprint density at radius 3 is 2.50 bits per heavy atom. The Kier molecular flexibility index (Phi) is 4.48. The third kappa shape index (κ3) is 3.41. The Labute approximate surface area is 109 Å². The summed E-state index contributed by atoms with van der Waals surface area (Å²) in [6.45, 7) is 5.12. The highest BCUT2D eigenvalue weighted by Crippen LogP contribution is 2.16. The smallest absolute Gasteiger partial charge is 0.0579 e. The maximum atomic E-state index is 4.63. The summed E-state index contributed by atoms with van der Waals surface area (Å²) in [7, 11) is 0. The number of benzene rings is 1. The van der Waals surface area contributed by atoms with Crippen LogP contribution in [0.4, 0.5) is 0 Å². The number of hydrogen-bond acceptors (Lipinski definition) is 2. The van der Waals surface area contributed by atoms with Crippen molar-refractivity contribution in [2.75, 3.05) is 6.54 Å². The first-order valence-corrected chi connectivity index (χ1v) is 6.50. The van der Waals surface area contributed by atoms with Crippen molar-refractivity contribution in [3.05, 3.63) is 65.5 Å². The molecule has 0 aliphatic carbocycles. The van der Waals surface area contributed by atoms with Gasteiger partial charge in [0.15, 0.2) is 0 Å². The Morgan fingerprint density at radius 1 is 1.06 bits per heavy atom. The summed E-state index contributed by atoms with van der Waals surface area (Å²) < 4.78 is 0. The summed E-state index contributed by atoms with van der Waals surface area (Å²) in [5.41, 5.74) is 3.54. The van der Waals surface area contributed by atoms with Crippen LogP contribution in [0.3, 0.4) is 0 Å². The average Bonchev–Trinajstić information content (AvgIpc) is 2.39. The van der Waals surface area contributed by atoms with Crippen LogP contribution in [0.25, 0.3) is 0 Å². The summed E-state index contributed by atoms with van der Waals surface area (Å²) in [6.07, 6.45) is 0.977. The van der Waals surface area contributed by atoms with Crippen molar-refractivity contribution >= 4 is 0 Å². The minimum absolute atomic E-state index is 0.289. The normalized spacial score (nSPS) is 12.3. The maximum absolute atomic E-state index is 4.63. The maximum Gasteiger partial charge on any atom is 0.0579 e. The van der Waals surface area contributed by atoms with E-state index >= 15 is 0 Å². The number of aryl methyl sites for hydroxylation is 1. The monoisotopic (exact) mass is 240 g/mol. The number of aromatic nitrogens is 1. The molecule has 0 bridgehead atoms. The summed E-state index contributed by atoms with van der Waals surface area (Å²) >= 11 is 0. The second-order valence-electron chi connectivity index (χ2n) is 4.50. The SMILES string of the molecule is CCNC(Cc1ccccc1)c1cccc(C)n1. The molecule has 1 atom stereocenters. The van der Waals surface area contributed by atoms with Crippen LogP contribution in [0.2, 0.25) is 0 Å². The zero-order chi connectivity index (χ0) is 12.8. The molecular formula is C16H20N2. The van der Waals surface area contributed by atoms with E-state index in [-0.39, 0.29) is 6.04 Å². The molecule has 0 radical (unpaired) electrons. The van der Waals surface area contributed by atoms with E-state index in [9.17, 15) is 0 Å². The number of rotatable bonds is 5.